The predicted molar refractivity (Wildman–Crippen MR) is 77.1 cm³/mol. The minimum atomic E-state index is -3.72. The van der Waals surface area contributed by atoms with Crippen molar-refractivity contribution in [2.45, 2.75) is 24.8 Å². The van der Waals surface area contributed by atoms with Gasteiger partial charge in [-0.3, -0.25) is 0 Å². The summed E-state index contributed by atoms with van der Waals surface area (Å²) in [5.74, 6) is -0.525. The van der Waals surface area contributed by atoms with Crippen LogP contribution in [0, 0.1) is 12.7 Å². The minimum absolute atomic E-state index is 0. The molecular formula is C11H17Cl2FN2O2S. The van der Waals surface area contributed by atoms with E-state index in [0.29, 0.717) is 0 Å². The minimum Gasteiger partial charge on any atom is -0.316 e. The molecule has 2 N–H and O–H groups in total. The lowest BCUT2D eigenvalue weighted by molar-refractivity contribution is 0.553. The molecule has 8 heteroatoms. The maximum atomic E-state index is 13.2. The molecule has 0 aliphatic carbocycles. The molecule has 110 valence electrons. The van der Waals surface area contributed by atoms with Gasteiger partial charge in [0.2, 0.25) is 10.0 Å². The number of hydrogen-bond donors (Lipinski definition) is 2. The topological polar surface area (TPSA) is 58.2 Å². The fourth-order valence-corrected chi connectivity index (χ4v) is 2.98. The van der Waals surface area contributed by atoms with Gasteiger partial charge in [0.15, 0.2) is 0 Å². The molecule has 0 fully saturated rings. The smallest absolute Gasteiger partial charge is 0.242 e. The molecule has 0 aromatic heterocycles. The molecule has 19 heavy (non-hydrogen) atoms. The molecule has 4 nitrogen and oxygen atoms in total. The molecule has 1 unspecified atom stereocenters. The van der Waals surface area contributed by atoms with Gasteiger partial charge >= 0.3 is 0 Å². The zero-order valence-electron chi connectivity index (χ0n) is 10.8. The van der Waals surface area contributed by atoms with Crippen LogP contribution in [-0.2, 0) is 10.0 Å². The van der Waals surface area contributed by atoms with Crippen LogP contribution in [0.3, 0.4) is 0 Å². The lowest BCUT2D eigenvalue weighted by atomic mass is 10.2. The van der Waals surface area contributed by atoms with Gasteiger partial charge in [-0.25, -0.2) is 17.5 Å². The molecule has 0 aliphatic heterocycles. The Morgan fingerprint density at radius 3 is 2.53 bits per heavy atom. The van der Waals surface area contributed by atoms with E-state index in [2.05, 4.69) is 10.0 Å². The van der Waals surface area contributed by atoms with Crippen molar-refractivity contribution >= 4 is 34.0 Å². The molecule has 0 radical (unpaired) electrons. The van der Waals surface area contributed by atoms with Gasteiger partial charge in [-0.15, -0.1) is 12.4 Å². The van der Waals surface area contributed by atoms with E-state index in [9.17, 15) is 12.8 Å². The van der Waals surface area contributed by atoms with Crippen LogP contribution < -0.4 is 10.0 Å². The summed E-state index contributed by atoms with van der Waals surface area (Å²) < 4.78 is 39.6. The summed E-state index contributed by atoms with van der Waals surface area (Å²) in [5.41, 5.74) is 0.237. The second kappa shape index (κ2) is 7.40. The Morgan fingerprint density at radius 1 is 1.42 bits per heavy atom. The molecule has 1 aromatic rings. The monoisotopic (exact) mass is 330 g/mol. The number of rotatable bonds is 5. The van der Waals surface area contributed by atoms with Crippen LogP contribution in [0.25, 0.3) is 0 Å². The van der Waals surface area contributed by atoms with Crippen molar-refractivity contribution in [3.05, 3.63) is 28.5 Å². The van der Waals surface area contributed by atoms with Gasteiger partial charge in [-0.05, 0) is 38.6 Å². The quantitative estimate of drug-likeness (QED) is 0.869. The Balaban J connectivity index is 0.00000324. The van der Waals surface area contributed by atoms with Crippen LogP contribution in [0.5, 0.6) is 0 Å². The van der Waals surface area contributed by atoms with Gasteiger partial charge in [0.05, 0.1) is 5.02 Å². The summed E-state index contributed by atoms with van der Waals surface area (Å²) in [7, 11) is -1.99. The number of benzene rings is 1. The number of aryl methyl sites for hydroxylation is 1. The van der Waals surface area contributed by atoms with Crippen LogP contribution in [0.2, 0.25) is 5.02 Å². The lowest BCUT2D eigenvalue weighted by Gasteiger charge is -2.13. The highest BCUT2D eigenvalue weighted by Crippen LogP contribution is 2.24. The largest absolute Gasteiger partial charge is 0.316 e. The summed E-state index contributed by atoms with van der Waals surface area (Å²) in [6, 6.07) is 2.22. The second-order valence-corrected chi connectivity index (χ2v) is 6.22. The highest BCUT2D eigenvalue weighted by Gasteiger charge is 2.20. The Morgan fingerprint density at radius 2 is 2.00 bits per heavy atom. The summed E-state index contributed by atoms with van der Waals surface area (Å²) >= 11 is 5.76. The maximum absolute atomic E-state index is 13.2. The molecular weight excluding hydrogens is 314 g/mol. The number of nitrogens with one attached hydrogen (secondary N) is 2. The lowest BCUT2D eigenvalue weighted by Crippen LogP contribution is -2.37. The molecule has 1 rings (SSSR count). The number of hydrogen-bond acceptors (Lipinski definition) is 3. The molecule has 0 spiro atoms. The van der Waals surface area contributed by atoms with E-state index in [1.54, 1.807) is 7.05 Å². The average Bonchev–Trinajstić information content (AvgIpc) is 2.30. The van der Waals surface area contributed by atoms with Crippen molar-refractivity contribution < 1.29 is 12.8 Å². The highest BCUT2D eigenvalue weighted by atomic mass is 35.5. The first-order chi connectivity index (χ1) is 8.27. The zero-order valence-corrected chi connectivity index (χ0v) is 13.2. The normalized spacial score (nSPS) is 12.9. The molecule has 0 saturated heterocycles. The summed E-state index contributed by atoms with van der Waals surface area (Å²) in [6.07, 6.45) is 0. The molecule has 1 atom stereocenters. The van der Waals surface area contributed by atoms with Crippen LogP contribution in [0.15, 0.2) is 17.0 Å². The van der Waals surface area contributed by atoms with Crippen molar-refractivity contribution in [1.82, 2.24) is 10.0 Å². The standard InChI is InChI=1S/C11H16ClFN2O2S.ClH/c1-7-4-11(9(12)5-10(7)13)18(16,17)15-6-8(2)14-3;/h4-5,8,14-15H,6H2,1-3H3;1H. The van der Waals surface area contributed by atoms with Gasteiger partial charge in [-0.1, -0.05) is 11.6 Å². The van der Waals surface area contributed by atoms with E-state index in [-0.39, 0.29) is 40.5 Å². The van der Waals surface area contributed by atoms with Crippen molar-refractivity contribution in [3.63, 3.8) is 0 Å². The van der Waals surface area contributed by atoms with E-state index in [4.69, 9.17) is 11.6 Å². The summed E-state index contributed by atoms with van der Waals surface area (Å²) in [5, 5.41) is 2.78. The Bertz CT molecular complexity index is 538. The van der Waals surface area contributed by atoms with Crippen LogP contribution in [0.1, 0.15) is 12.5 Å². The van der Waals surface area contributed by atoms with Crippen LogP contribution >= 0.6 is 24.0 Å². The maximum Gasteiger partial charge on any atom is 0.242 e. The van der Waals surface area contributed by atoms with E-state index >= 15 is 0 Å². The third-order valence-corrected chi connectivity index (χ3v) is 4.46. The van der Waals surface area contributed by atoms with Crippen molar-refractivity contribution in [2.24, 2.45) is 0 Å². The number of likely N-dealkylation sites (N-methyl/N-ethyl adjacent to an activating group) is 1. The van der Waals surface area contributed by atoms with E-state index < -0.39 is 15.8 Å². The second-order valence-electron chi connectivity index (χ2n) is 4.07. The molecule has 0 aliphatic rings. The summed E-state index contributed by atoms with van der Waals surface area (Å²) in [6.45, 7) is 3.55. The van der Waals surface area contributed by atoms with Gasteiger partial charge in [0.25, 0.3) is 0 Å². The number of halogens is 3. The third kappa shape index (κ3) is 4.89. The Hall–Kier alpha value is -0.400. The first kappa shape index (κ1) is 18.6. The molecule has 0 amide bonds. The van der Waals surface area contributed by atoms with Crippen molar-refractivity contribution in [3.8, 4) is 0 Å². The predicted octanol–water partition coefficient (Wildman–Crippen LogP) is 2.10. The zero-order chi connectivity index (χ0) is 13.9. The fourth-order valence-electron chi connectivity index (χ4n) is 1.25. The van der Waals surface area contributed by atoms with E-state index in [1.807, 2.05) is 6.92 Å². The molecule has 0 heterocycles. The van der Waals surface area contributed by atoms with Crippen LogP contribution in [-0.4, -0.2) is 28.1 Å². The third-order valence-electron chi connectivity index (χ3n) is 2.58. The highest BCUT2D eigenvalue weighted by molar-refractivity contribution is 7.89. The van der Waals surface area contributed by atoms with Gasteiger partial charge < -0.3 is 5.32 Å². The van der Waals surface area contributed by atoms with E-state index in [0.717, 1.165) is 6.07 Å². The number of sulfonamides is 1. The van der Waals surface area contributed by atoms with Crippen LogP contribution in [0.4, 0.5) is 4.39 Å². The van der Waals surface area contributed by atoms with Gasteiger partial charge in [-0.2, -0.15) is 0 Å². The first-order valence-electron chi connectivity index (χ1n) is 5.40. The fraction of sp³-hybridized carbons (Fsp3) is 0.455. The summed E-state index contributed by atoms with van der Waals surface area (Å²) in [4.78, 5) is -0.105. The average molecular weight is 331 g/mol. The molecule has 0 bridgehead atoms. The van der Waals surface area contributed by atoms with Crippen molar-refractivity contribution in [1.29, 1.82) is 0 Å². The van der Waals surface area contributed by atoms with E-state index in [1.165, 1.54) is 13.0 Å². The van der Waals surface area contributed by atoms with Crippen molar-refractivity contribution in [2.75, 3.05) is 13.6 Å². The van der Waals surface area contributed by atoms with Gasteiger partial charge in [0.1, 0.15) is 10.7 Å². The van der Waals surface area contributed by atoms with Gasteiger partial charge in [0, 0.05) is 12.6 Å². The first-order valence-corrected chi connectivity index (χ1v) is 7.26. The Labute approximate surface area is 124 Å². The Kier molecular flexibility index (Phi) is 7.24. The SMILES string of the molecule is CNC(C)CNS(=O)(=O)c1cc(C)c(F)cc1Cl.Cl. The molecule has 1 aromatic carbocycles. The molecule has 0 saturated carbocycles.